The molecule has 1 aliphatic carbocycles. The van der Waals surface area contributed by atoms with Crippen molar-refractivity contribution < 1.29 is 5.11 Å². The third-order valence-corrected chi connectivity index (χ3v) is 4.13. The van der Waals surface area contributed by atoms with E-state index >= 15 is 0 Å². The van der Waals surface area contributed by atoms with E-state index < -0.39 is 0 Å². The Morgan fingerprint density at radius 3 is 2.00 bits per heavy atom. The first-order valence-corrected chi connectivity index (χ1v) is 7.76. The Bertz CT molecular complexity index is 575. The van der Waals surface area contributed by atoms with E-state index in [1.54, 1.807) is 0 Å². The van der Waals surface area contributed by atoms with E-state index in [1.165, 1.54) is 22.3 Å². The summed E-state index contributed by atoms with van der Waals surface area (Å²) in [6.45, 7) is 4.91. The van der Waals surface area contributed by atoms with Crippen LogP contribution in [0, 0.1) is 5.92 Å². The van der Waals surface area contributed by atoms with Gasteiger partial charge in [0, 0.05) is 6.54 Å². The molecule has 0 saturated heterocycles. The van der Waals surface area contributed by atoms with Crippen molar-refractivity contribution >= 4 is 0 Å². The first kappa shape index (κ1) is 14.3. The summed E-state index contributed by atoms with van der Waals surface area (Å²) in [5.41, 5.74) is 5.25. The largest absolute Gasteiger partial charge is 0.392 e. The maximum atomic E-state index is 10.1. The van der Waals surface area contributed by atoms with Crippen LogP contribution in [0.5, 0.6) is 0 Å². The van der Waals surface area contributed by atoms with E-state index in [0.717, 1.165) is 6.42 Å². The minimum Gasteiger partial charge on any atom is -0.392 e. The topological polar surface area (TPSA) is 32.3 Å². The van der Waals surface area contributed by atoms with Crippen LogP contribution in [-0.4, -0.2) is 17.8 Å². The van der Waals surface area contributed by atoms with Gasteiger partial charge in [-0.25, -0.2) is 0 Å². The van der Waals surface area contributed by atoms with Crippen molar-refractivity contribution in [2.75, 3.05) is 6.54 Å². The molecule has 0 radical (unpaired) electrons. The summed E-state index contributed by atoms with van der Waals surface area (Å²) in [5, 5.41) is 13.7. The minimum absolute atomic E-state index is 0.194. The van der Waals surface area contributed by atoms with Gasteiger partial charge in [-0.05, 0) is 34.6 Å². The molecule has 2 aromatic carbocycles. The summed E-state index contributed by atoms with van der Waals surface area (Å²) in [6, 6.07) is 17.3. The molecule has 0 bridgehead atoms. The van der Waals surface area contributed by atoms with Gasteiger partial charge in [-0.2, -0.15) is 0 Å². The number of hydrogen-bond donors (Lipinski definition) is 2. The van der Waals surface area contributed by atoms with Gasteiger partial charge in [0.15, 0.2) is 0 Å². The summed E-state index contributed by atoms with van der Waals surface area (Å²) in [4.78, 5) is 0. The average molecular weight is 281 g/mol. The number of aliphatic hydroxyl groups excluding tert-OH is 1. The molecule has 2 N–H and O–H groups in total. The second-order valence-electron chi connectivity index (χ2n) is 6.30. The number of fused-ring (bicyclic) bond motifs is 3. The first-order valence-electron chi connectivity index (χ1n) is 7.76. The Morgan fingerprint density at radius 2 is 1.48 bits per heavy atom. The molecule has 0 fully saturated rings. The van der Waals surface area contributed by atoms with Gasteiger partial charge < -0.3 is 10.4 Å². The molecular formula is C19H23NO. The van der Waals surface area contributed by atoms with Gasteiger partial charge in [-0.1, -0.05) is 62.4 Å². The molecule has 0 aliphatic heterocycles. The fourth-order valence-electron chi connectivity index (χ4n) is 3.26. The summed E-state index contributed by atoms with van der Waals surface area (Å²) >= 11 is 0. The quantitative estimate of drug-likeness (QED) is 0.874. The van der Waals surface area contributed by atoms with E-state index in [9.17, 15) is 5.11 Å². The molecule has 0 amide bonds. The second kappa shape index (κ2) is 6.00. The van der Waals surface area contributed by atoms with E-state index in [4.69, 9.17) is 0 Å². The fourth-order valence-corrected chi connectivity index (χ4v) is 3.26. The van der Waals surface area contributed by atoms with Gasteiger partial charge >= 0.3 is 0 Å². The lowest BCUT2D eigenvalue weighted by molar-refractivity contribution is 0.144. The lowest BCUT2D eigenvalue weighted by Crippen LogP contribution is -2.30. The van der Waals surface area contributed by atoms with Crippen LogP contribution < -0.4 is 5.32 Å². The van der Waals surface area contributed by atoms with Crippen LogP contribution in [0.25, 0.3) is 11.1 Å². The van der Waals surface area contributed by atoms with E-state index in [0.29, 0.717) is 12.5 Å². The van der Waals surface area contributed by atoms with Gasteiger partial charge in [-0.15, -0.1) is 0 Å². The lowest BCUT2D eigenvalue weighted by Gasteiger charge is -2.19. The molecule has 0 spiro atoms. The molecule has 2 aromatic rings. The highest BCUT2D eigenvalue weighted by atomic mass is 16.3. The van der Waals surface area contributed by atoms with Crippen LogP contribution in [-0.2, 0) is 0 Å². The molecular weight excluding hydrogens is 258 g/mol. The Hall–Kier alpha value is -1.64. The van der Waals surface area contributed by atoms with Crippen molar-refractivity contribution in [1.29, 1.82) is 0 Å². The van der Waals surface area contributed by atoms with Crippen LogP contribution in [0.2, 0.25) is 0 Å². The summed E-state index contributed by atoms with van der Waals surface area (Å²) < 4.78 is 0. The van der Waals surface area contributed by atoms with Crippen molar-refractivity contribution in [3.63, 3.8) is 0 Å². The Balaban J connectivity index is 1.82. The van der Waals surface area contributed by atoms with Crippen LogP contribution in [0.1, 0.15) is 37.4 Å². The standard InChI is InChI=1S/C19H23NO/c1-13(2)11-14(21)12-20-19-17-9-5-3-7-15(17)16-8-4-6-10-18(16)19/h3-10,13-14,19-21H,11-12H2,1-2H3. The third-order valence-electron chi connectivity index (χ3n) is 4.13. The van der Waals surface area contributed by atoms with Crippen LogP contribution in [0.4, 0.5) is 0 Å². The van der Waals surface area contributed by atoms with Crippen molar-refractivity contribution in [2.24, 2.45) is 5.92 Å². The smallest absolute Gasteiger partial charge is 0.0667 e. The molecule has 0 aromatic heterocycles. The zero-order chi connectivity index (χ0) is 14.8. The van der Waals surface area contributed by atoms with Gasteiger partial charge in [0.25, 0.3) is 0 Å². The highest BCUT2D eigenvalue weighted by molar-refractivity contribution is 5.78. The maximum absolute atomic E-state index is 10.1. The molecule has 21 heavy (non-hydrogen) atoms. The second-order valence-corrected chi connectivity index (χ2v) is 6.30. The Labute approximate surface area is 126 Å². The van der Waals surface area contributed by atoms with Gasteiger partial charge in [0.2, 0.25) is 0 Å². The van der Waals surface area contributed by atoms with E-state index in [2.05, 4.69) is 67.7 Å². The fraction of sp³-hybridized carbons (Fsp3) is 0.368. The molecule has 3 rings (SSSR count). The van der Waals surface area contributed by atoms with Gasteiger partial charge in [0.05, 0.1) is 12.1 Å². The number of benzene rings is 2. The Morgan fingerprint density at radius 1 is 0.952 bits per heavy atom. The molecule has 1 atom stereocenters. The van der Waals surface area contributed by atoms with Gasteiger partial charge in [-0.3, -0.25) is 0 Å². The van der Waals surface area contributed by atoms with E-state index in [-0.39, 0.29) is 12.1 Å². The molecule has 2 heteroatoms. The number of aliphatic hydroxyl groups is 1. The predicted octanol–water partition coefficient (Wildman–Crippen LogP) is 3.75. The molecule has 1 unspecified atom stereocenters. The lowest BCUT2D eigenvalue weighted by atomic mass is 10.0. The average Bonchev–Trinajstić information content (AvgIpc) is 2.79. The minimum atomic E-state index is -0.287. The van der Waals surface area contributed by atoms with Crippen LogP contribution in [0.15, 0.2) is 48.5 Å². The number of nitrogens with one attached hydrogen (secondary N) is 1. The van der Waals surface area contributed by atoms with Crippen molar-refractivity contribution in [3.05, 3.63) is 59.7 Å². The van der Waals surface area contributed by atoms with Crippen molar-refractivity contribution in [3.8, 4) is 11.1 Å². The molecule has 1 aliphatic rings. The molecule has 2 nitrogen and oxygen atoms in total. The zero-order valence-electron chi connectivity index (χ0n) is 12.7. The van der Waals surface area contributed by atoms with Gasteiger partial charge in [0.1, 0.15) is 0 Å². The summed E-state index contributed by atoms with van der Waals surface area (Å²) in [7, 11) is 0. The van der Waals surface area contributed by atoms with Crippen molar-refractivity contribution in [2.45, 2.75) is 32.4 Å². The Kier molecular flexibility index (Phi) is 4.09. The highest BCUT2D eigenvalue weighted by Crippen LogP contribution is 2.42. The van der Waals surface area contributed by atoms with Crippen LogP contribution >= 0.6 is 0 Å². The predicted molar refractivity (Wildman–Crippen MR) is 87.2 cm³/mol. The SMILES string of the molecule is CC(C)CC(O)CNC1c2ccccc2-c2ccccc21. The molecule has 110 valence electrons. The van der Waals surface area contributed by atoms with E-state index in [1.807, 2.05) is 0 Å². The third kappa shape index (κ3) is 2.87. The number of rotatable bonds is 5. The normalized spacial score (nSPS) is 15.0. The highest BCUT2D eigenvalue weighted by Gasteiger charge is 2.27. The molecule has 0 heterocycles. The summed E-state index contributed by atoms with van der Waals surface area (Å²) in [6.07, 6.45) is 0.549. The van der Waals surface area contributed by atoms with Crippen LogP contribution in [0.3, 0.4) is 0 Å². The monoisotopic (exact) mass is 281 g/mol. The number of hydrogen-bond acceptors (Lipinski definition) is 2. The summed E-state index contributed by atoms with van der Waals surface area (Å²) in [5.74, 6) is 0.518. The first-order chi connectivity index (χ1) is 10.2. The molecule has 0 saturated carbocycles. The maximum Gasteiger partial charge on any atom is 0.0667 e. The zero-order valence-corrected chi connectivity index (χ0v) is 12.7. The van der Waals surface area contributed by atoms with Crippen molar-refractivity contribution in [1.82, 2.24) is 5.32 Å².